The number of aromatic nitrogens is 3. The molecule has 1 N–H and O–H groups in total. The maximum absolute atomic E-state index is 14.2. The molecule has 2 aromatic rings. The largest absolute Gasteiger partial charge is 0.477 e. The molecule has 0 bridgehead atoms. The van der Waals surface area contributed by atoms with Gasteiger partial charge in [-0.25, -0.2) is 14.5 Å². The minimum atomic E-state index is -0.909. The fourth-order valence-electron chi connectivity index (χ4n) is 6.80. The van der Waals surface area contributed by atoms with Gasteiger partial charge in [0, 0.05) is 16.8 Å². The summed E-state index contributed by atoms with van der Waals surface area (Å²) >= 11 is 1.41. The van der Waals surface area contributed by atoms with Crippen LogP contribution in [0, 0.1) is 17.3 Å². The summed E-state index contributed by atoms with van der Waals surface area (Å²) in [7, 11) is 0. The van der Waals surface area contributed by atoms with Gasteiger partial charge in [-0.3, -0.25) is 4.79 Å². The Morgan fingerprint density at radius 1 is 1.03 bits per heavy atom. The second-order valence-electron chi connectivity index (χ2n) is 12.6. The number of hydrogen-bond acceptors (Lipinski definition) is 5. The molecule has 5 rings (SSSR count). The first kappa shape index (κ1) is 29.1. The van der Waals surface area contributed by atoms with E-state index in [0.29, 0.717) is 27.8 Å². The highest BCUT2D eigenvalue weighted by Gasteiger charge is 2.39. The zero-order valence-corrected chi connectivity index (χ0v) is 24.6. The summed E-state index contributed by atoms with van der Waals surface area (Å²) < 4.78 is 1.93. The Morgan fingerprint density at radius 3 is 2.26 bits per heavy atom. The summed E-state index contributed by atoms with van der Waals surface area (Å²) in [5.74, 6) is 0.278. The standard InChI is InChI=1S/C29H42N4O3S.ClH/c1-19-4-6-21(7-5-19)27(34)33(23-10-8-22(9-11-23)32-18-30-17-31-32)24-16-25(37-26(24)28(35)36)20-12-14-29(2,3)15-13-20;/h16-23H,4-15H2,1-3H3,(H,35,36);1H/t19-,21-,22-,23+;. The molecular weight excluding hydrogens is 520 g/mol. The van der Waals surface area contributed by atoms with Gasteiger partial charge in [-0.2, -0.15) is 5.10 Å². The molecule has 2 heterocycles. The second kappa shape index (κ2) is 12.1. The van der Waals surface area contributed by atoms with Crippen molar-refractivity contribution in [1.82, 2.24) is 14.8 Å². The van der Waals surface area contributed by atoms with Gasteiger partial charge in [0.2, 0.25) is 5.91 Å². The Kier molecular flexibility index (Phi) is 9.23. The highest BCUT2D eigenvalue weighted by molar-refractivity contribution is 7.14. The van der Waals surface area contributed by atoms with Gasteiger partial charge in [0.15, 0.2) is 0 Å². The number of halogens is 1. The zero-order chi connectivity index (χ0) is 26.2. The zero-order valence-electron chi connectivity index (χ0n) is 23.0. The number of carboxylic acids is 1. The summed E-state index contributed by atoms with van der Waals surface area (Å²) in [6, 6.07) is 2.40. The molecule has 3 fully saturated rings. The summed E-state index contributed by atoms with van der Waals surface area (Å²) in [5.41, 5.74) is 1.01. The van der Waals surface area contributed by atoms with Crippen LogP contribution in [-0.2, 0) is 4.79 Å². The van der Waals surface area contributed by atoms with Gasteiger partial charge in [0.05, 0.1) is 11.7 Å². The molecule has 0 radical (unpaired) electrons. The van der Waals surface area contributed by atoms with E-state index in [0.717, 1.165) is 81.9 Å². The maximum atomic E-state index is 14.2. The SMILES string of the molecule is CC1(C)CCC(c2cc(N(C(=O)[C@H]3CC[C@H](C)CC3)[C@H]3CC[C@@H](n4cncn4)CC3)c(C(=O)O)s2)CC1.Cl. The molecule has 0 spiro atoms. The van der Waals surface area contributed by atoms with Gasteiger partial charge in [0.25, 0.3) is 0 Å². The van der Waals surface area contributed by atoms with Crippen molar-refractivity contribution in [2.45, 2.75) is 116 Å². The van der Waals surface area contributed by atoms with Gasteiger partial charge in [0.1, 0.15) is 17.5 Å². The number of carboxylic acid groups (broad SMARTS) is 1. The molecule has 0 aliphatic heterocycles. The Bertz CT molecular complexity index is 1080. The first-order valence-electron chi connectivity index (χ1n) is 14.3. The van der Waals surface area contributed by atoms with E-state index in [2.05, 4.69) is 36.9 Å². The lowest BCUT2D eigenvalue weighted by Gasteiger charge is -2.39. The minimum absolute atomic E-state index is 0. The van der Waals surface area contributed by atoms with Crippen molar-refractivity contribution in [1.29, 1.82) is 0 Å². The Hall–Kier alpha value is -1.93. The van der Waals surface area contributed by atoms with Crippen molar-refractivity contribution >= 4 is 41.3 Å². The molecule has 1 amide bonds. The van der Waals surface area contributed by atoms with Crippen LogP contribution in [0.2, 0.25) is 0 Å². The molecule has 0 saturated heterocycles. The fourth-order valence-corrected chi connectivity index (χ4v) is 7.96. The quantitative estimate of drug-likeness (QED) is 0.394. The summed E-state index contributed by atoms with van der Waals surface area (Å²) in [5, 5.41) is 14.6. The molecule has 7 nitrogen and oxygen atoms in total. The molecule has 210 valence electrons. The van der Waals surface area contributed by atoms with E-state index in [1.807, 2.05) is 9.58 Å². The van der Waals surface area contributed by atoms with Crippen LogP contribution in [0.3, 0.4) is 0 Å². The van der Waals surface area contributed by atoms with E-state index in [4.69, 9.17) is 0 Å². The van der Waals surface area contributed by atoms with Crippen LogP contribution >= 0.6 is 23.7 Å². The smallest absolute Gasteiger partial charge is 0.348 e. The number of nitrogens with zero attached hydrogens (tertiary/aromatic N) is 4. The predicted molar refractivity (Wildman–Crippen MR) is 153 cm³/mol. The molecule has 2 aromatic heterocycles. The van der Waals surface area contributed by atoms with E-state index in [1.54, 1.807) is 12.7 Å². The van der Waals surface area contributed by atoms with Gasteiger partial charge >= 0.3 is 5.97 Å². The summed E-state index contributed by atoms with van der Waals surface area (Å²) in [6.07, 6.45) is 15.3. The first-order chi connectivity index (χ1) is 17.7. The molecule has 3 saturated carbocycles. The lowest BCUT2D eigenvalue weighted by atomic mass is 9.73. The van der Waals surface area contributed by atoms with E-state index < -0.39 is 5.97 Å². The molecule has 9 heteroatoms. The van der Waals surface area contributed by atoms with Crippen molar-refractivity contribution in [2.75, 3.05) is 4.90 Å². The van der Waals surface area contributed by atoms with Crippen LogP contribution in [0.5, 0.6) is 0 Å². The van der Waals surface area contributed by atoms with Crippen molar-refractivity contribution < 1.29 is 14.7 Å². The van der Waals surface area contributed by atoms with Crippen molar-refractivity contribution in [3.63, 3.8) is 0 Å². The summed E-state index contributed by atoms with van der Waals surface area (Å²) in [6.45, 7) is 6.92. The fraction of sp³-hybridized carbons (Fsp3) is 0.724. The highest BCUT2D eigenvalue weighted by atomic mass is 35.5. The Morgan fingerprint density at radius 2 is 1.68 bits per heavy atom. The van der Waals surface area contributed by atoms with Crippen LogP contribution in [0.25, 0.3) is 0 Å². The van der Waals surface area contributed by atoms with Crippen LogP contribution in [0.15, 0.2) is 18.7 Å². The van der Waals surface area contributed by atoms with Gasteiger partial charge in [-0.05, 0) is 100 Å². The van der Waals surface area contributed by atoms with Gasteiger partial charge in [-0.15, -0.1) is 23.7 Å². The minimum Gasteiger partial charge on any atom is -0.477 e. The van der Waals surface area contributed by atoms with Crippen molar-refractivity contribution in [3.05, 3.63) is 28.5 Å². The molecule has 0 aromatic carbocycles. The van der Waals surface area contributed by atoms with E-state index in [9.17, 15) is 14.7 Å². The molecule has 3 aliphatic rings. The maximum Gasteiger partial charge on any atom is 0.348 e. The van der Waals surface area contributed by atoms with E-state index in [1.165, 1.54) is 11.3 Å². The number of hydrogen-bond donors (Lipinski definition) is 1. The van der Waals surface area contributed by atoms with Crippen molar-refractivity contribution in [2.24, 2.45) is 17.3 Å². The number of anilines is 1. The van der Waals surface area contributed by atoms with Crippen molar-refractivity contribution in [3.8, 4) is 0 Å². The number of thiophene rings is 1. The van der Waals surface area contributed by atoms with E-state index in [-0.39, 0.29) is 36.3 Å². The van der Waals surface area contributed by atoms with Gasteiger partial charge in [-0.1, -0.05) is 20.8 Å². The number of carbonyl (C=O) groups excluding carboxylic acids is 1. The topological polar surface area (TPSA) is 88.3 Å². The summed E-state index contributed by atoms with van der Waals surface area (Å²) in [4.78, 5) is 34.2. The Labute approximate surface area is 236 Å². The molecule has 38 heavy (non-hydrogen) atoms. The van der Waals surface area contributed by atoms with Crippen LogP contribution in [0.1, 0.15) is 124 Å². The Balaban J connectivity index is 0.00000336. The second-order valence-corrected chi connectivity index (χ2v) is 13.7. The lowest BCUT2D eigenvalue weighted by Crippen LogP contribution is -2.46. The van der Waals surface area contributed by atoms with Gasteiger partial charge < -0.3 is 10.0 Å². The number of amides is 1. The average Bonchev–Trinajstić information content (AvgIpc) is 3.56. The lowest BCUT2D eigenvalue weighted by molar-refractivity contribution is -0.124. The third-order valence-electron chi connectivity index (χ3n) is 9.37. The van der Waals surface area contributed by atoms with E-state index >= 15 is 0 Å². The van der Waals surface area contributed by atoms with Crippen LogP contribution < -0.4 is 4.90 Å². The van der Waals surface area contributed by atoms with Crippen LogP contribution in [0.4, 0.5) is 5.69 Å². The number of rotatable bonds is 6. The molecule has 0 atom stereocenters. The normalized spacial score (nSPS) is 27.9. The monoisotopic (exact) mass is 562 g/mol. The highest BCUT2D eigenvalue weighted by Crippen LogP contribution is 2.47. The third kappa shape index (κ3) is 6.27. The third-order valence-corrected chi connectivity index (χ3v) is 10.6. The first-order valence-corrected chi connectivity index (χ1v) is 15.1. The molecular formula is C29H43ClN4O3S. The van der Waals surface area contributed by atoms with Crippen LogP contribution in [-0.4, -0.2) is 37.8 Å². The molecule has 3 aliphatic carbocycles. The number of aromatic carboxylic acids is 1. The predicted octanol–water partition coefficient (Wildman–Crippen LogP) is 7.49. The number of carbonyl (C=O) groups is 2. The molecule has 0 unspecified atom stereocenters. The average molecular weight is 563 g/mol.